The van der Waals surface area contributed by atoms with Crippen molar-refractivity contribution >= 4 is 35.1 Å². The van der Waals surface area contributed by atoms with Gasteiger partial charge in [-0.2, -0.15) is 0 Å². The highest BCUT2D eigenvalue weighted by Gasteiger charge is 2.23. The summed E-state index contributed by atoms with van der Waals surface area (Å²) in [7, 11) is 1.28. The standard InChI is InChI=1S/C19H17ClN2O5/c1-26-18(24)9-15(12-4-2-3-5-13(12)20)22-19(25)11-6-7-14-16(8-11)27-10-17(23)21-14/h2-8,15H,9-10H2,1H3,(H,21,23)(H,22,25). The van der Waals surface area contributed by atoms with Crippen LogP contribution in [0.5, 0.6) is 5.75 Å². The first-order valence-electron chi connectivity index (χ1n) is 8.16. The molecule has 2 aromatic carbocycles. The number of ether oxygens (including phenoxy) is 2. The molecule has 0 bridgehead atoms. The van der Waals surface area contributed by atoms with Crippen LogP contribution < -0.4 is 15.4 Å². The molecule has 3 rings (SSSR count). The van der Waals surface area contributed by atoms with Crippen molar-refractivity contribution in [1.29, 1.82) is 0 Å². The van der Waals surface area contributed by atoms with Gasteiger partial charge in [-0.05, 0) is 29.8 Å². The van der Waals surface area contributed by atoms with Gasteiger partial charge < -0.3 is 20.1 Å². The van der Waals surface area contributed by atoms with Crippen LogP contribution in [-0.4, -0.2) is 31.5 Å². The van der Waals surface area contributed by atoms with Gasteiger partial charge in [0.05, 0.1) is 25.3 Å². The molecule has 1 unspecified atom stereocenters. The van der Waals surface area contributed by atoms with Gasteiger partial charge in [-0.25, -0.2) is 0 Å². The lowest BCUT2D eigenvalue weighted by Crippen LogP contribution is -2.31. The van der Waals surface area contributed by atoms with Crippen molar-refractivity contribution < 1.29 is 23.9 Å². The van der Waals surface area contributed by atoms with Crippen molar-refractivity contribution in [3.63, 3.8) is 0 Å². The number of hydrogen-bond acceptors (Lipinski definition) is 5. The lowest BCUT2D eigenvalue weighted by molar-refractivity contribution is -0.141. The van der Waals surface area contributed by atoms with Crippen LogP contribution in [0.3, 0.4) is 0 Å². The second-order valence-electron chi connectivity index (χ2n) is 5.88. The average Bonchev–Trinajstić information content (AvgIpc) is 2.67. The van der Waals surface area contributed by atoms with Crippen LogP contribution in [0.25, 0.3) is 0 Å². The van der Waals surface area contributed by atoms with Gasteiger partial charge in [-0.15, -0.1) is 0 Å². The minimum Gasteiger partial charge on any atom is -0.482 e. The van der Waals surface area contributed by atoms with Gasteiger partial charge in [0.1, 0.15) is 5.75 Å². The van der Waals surface area contributed by atoms with Crippen molar-refractivity contribution in [2.75, 3.05) is 19.0 Å². The van der Waals surface area contributed by atoms with E-state index >= 15 is 0 Å². The first kappa shape index (κ1) is 18.7. The fraction of sp³-hybridized carbons (Fsp3) is 0.211. The Balaban J connectivity index is 1.83. The number of carbonyl (C=O) groups is 3. The molecule has 0 aromatic heterocycles. The third kappa shape index (κ3) is 4.38. The molecule has 8 heteroatoms. The highest BCUT2D eigenvalue weighted by molar-refractivity contribution is 6.31. The SMILES string of the molecule is COC(=O)CC(NC(=O)c1ccc2c(c1)OCC(=O)N2)c1ccccc1Cl. The maximum absolute atomic E-state index is 12.7. The van der Waals surface area contributed by atoms with E-state index in [9.17, 15) is 14.4 Å². The Morgan fingerprint density at radius 2 is 2.07 bits per heavy atom. The summed E-state index contributed by atoms with van der Waals surface area (Å²) in [4.78, 5) is 35.8. The van der Waals surface area contributed by atoms with Gasteiger partial charge in [0.2, 0.25) is 0 Å². The molecular formula is C19H17ClN2O5. The first-order valence-corrected chi connectivity index (χ1v) is 8.54. The number of halogens is 1. The summed E-state index contributed by atoms with van der Waals surface area (Å²) < 4.78 is 10.1. The molecule has 1 atom stereocenters. The number of methoxy groups -OCH3 is 1. The van der Waals surface area contributed by atoms with Crippen LogP contribution in [0.4, 0.5) is 5.69 Å². The molecule has 140 valence electrons. The molecule has 27 heavy (non-hydrogen) atoms. The van der Waals surface area contributed by atoms with E-state index in [4.69, 9.17) is 21.1 Å². The van der Waals surface area contributed by atoms with Gasteiger partial charge >= 0.3 is 5.97 Å². The lowest BCUT2D eigenvalue weighted by Gasteiger charge is -2.21. The third-order valence-electron chi connectivity index (χ3n) is 4.06. The van der Waals surface area contributed by atoms with Crippen molar-refractivity contribution in [2.45, 2.75) is 12.5 Å². The number of anilines is 1. The minimum absolute atomic E-state index is 0.0660. The van der Waals surface area contributed by atoms with E-state index in [1.54, 1.807) is 36.4 Å². The van der Waals surface area contributed by atoms with E-state index in [0.29, 0.717) is 27.6 Å². The number of benzene rings is 2. The van der Waals surface area contributed by atoms with Crippen molar-refractivity contribution in [1.82, 2.24) is 5.32 Å². The Morgan fingerprint density at radius 1 is 1.30 bits per heavy atom. The number of fused-ring (bicyclic) bond motifs is 1. The quantitative estimate of drug-likeness (QED) is 0.768. The highest BCUT2D eigenvalue weighted by Crippen LogP contribution is 2.30. The third-order valence-corrected chi connectivity index (χ3v) is 4.41. The molecule has 1 aliphatic heterocycles. The minimum atomic E-state index is -0.657. The summed E-state index contributed by atoms with van der Waals surface area (Å²) in [5.74, 6) is -0.732. The Hall–Kier alpha value is -3.06. The molecule has 0 saturated carbocycles. The maximum atomic E-state index is 12.7. The molecule has 0 aliphatic carbocycles. The molecule has 2 N–H and O–H groups in total. The van der Waals surface area contributed by atoms with E-state index in [1.165, 1.54) is 13.2 Å². The van der Waals surface area contributed by atoms with Crippen LogP contribution in [0.15, 0.2) is 42.5 Å². The Kier molecular flexibility index (Phi) is 5.61. The Labute approximate surface area is 160 Å². The average molecular weight is 389 g/mol. The fourth-order valence-electron chi connectivity index (χ4n) is 2.70. The van der Waals surface area contributed by atoms with E-state index < -0.39 is 17.9 Å². The summed E-state index contributed by atoms with van der Waals surface area (Å²) in [5.41, 5.74) is 1.44. The summed E-state index contributed by atoms with van der Waals surface area (Å²) in [6, 6.07) is 11.0. The smallest absolute Gasteiger partial charge is 0.307 e. The van der Waals surface area contributed by atoms with Crippen LogP contribution in [-0.2, 0) is 14.3 Å². The molecule has 2 aromatic rings. The second kappa shape index (κ2) is 8.09. The van der Waals surface area contributed by atoms with Crippen LogP contribution in [0.2, 0.25) is 5.02 Å². The summed E-state index contributed by atoms with van der Waals surface area (Å²) in [6.07, 6.45) is -0.0660. The van der Waals surface area contributed by atoms with Gasteiger partial charge in [-0.3, -0.25) is 14.4 Å². The summed E-state index contributed by atoms with van der Waals surface area (Å²) in [6.45, 7) is -0.108. The highest BCUT2D eigenvalue weighted by atomic mass is 35.5. The van der Waals surface area contributed by atoms with E-state index in [0.717, 1.165) is 0 Å². The second-order valence-corrected chi connectivity index (χ2v) is 6.28. The first-order chi connectivity index (χ1) is 13.0. The van der Waals surface area contributed by atoms with Gasteiger partial charge in [0, 0.05) is 10.6 Å². The fourth-order valence-corrected chi connectivity index (χ4v) is 2.97. The zero-order chi connectivity index (χ0) is 19.4. The monoisotopic (exact) mass is 388 g/mol. The molecule has 7 nitrogen and oxygen atoms in total. The number of rotatable bonds is 5. The van der Waals surface area contributed by atoms with Crippen LogP contribution in [0, 0.1) is 0 Å². The van der Waals surface area contributed by atoms with Crippen molar-refractivity contribution in [2.24, 2.45) is 0 Å². The largest absolute Gasteiger partial charge is 0.482 e. The van der Waals surface area contributed by atoms with Crippen molar-refractivity contribution in [3.05, 3.63) is 58.6 Å². The number of amides is 2. The van der Waals surface area contributed by atoms with Crippen LogP contribution >= 0.6 is 11.6 Å². The van der Waals surface area contributed by atoms with Gasteiger partial charge in [-0.1, -0.05) is 29.8 Å². The molecule has 2 amide bonds. The van der Waals surface area contributed by atoms with Gasteiger partial charge in [0.25, 0.3) is 11.8 Å². The Bertz CT molecular complexity index is 899. The number of hydrogen-bond donors (Lipinski definition) is 2. The van der Waals surface area contributed by atoms with Crippen LogP contribution in [0.1, 0.15) is 28.4 Å². The lowest BCUT2D eigenvalue weighted by atomic mass is 10.0. The normalized spacial score (nSPS) is 13.6. The van der Waals surface area contributed by atoms with E-state index in [1.807, 2.05) is 0 Å². The zero-order valence-corrected chi connectivity index (χ0v) is 15.2. The molecule has 0 radical (unpaired) electrons. The van der Waals surface area contributed by atoms with E-state index in [2.05, 4.69) is 10.6 Å². The zero-order valence-electron chi connectivity index (χ0n) is 14.5. The summed E-state index contributed by atoms with van der Waals surface area (Å²) in [5, 5.41) is 5.90. The van der Waals surface area contributed by atoms with E-state index in [-0.39, 0.29) is 18.9 Å². The maximum Gasteiger partial charge on any atom is 0.307 e. The van der Waals surface area contributed by atoms with Gasteiger partial charge in [0.15, 0.2) is 6.61 Å². The van der Waals surface area contributed by atoms with Crippen molar-refractivity contribution in [3.8, 4) is 5.75 Å². The molecule has 0 fully saturated rings. The molecule has 1 heterocycles. The molecule has 1 aliphatic rings. The predicted octanol–water partition coefficient (Wildman–Crippen LogP) is 2.71. The predicted molar refractivity (Wildman–Crippen MR) is 98.9 cm³/mol. The molecule has 0 spiro atoms. The molecule has 0 saturated heterocycles. The number of carbonyl (C=O) groups excluding carboxylic acids is 3. The number of nitrogens with one attached hydrogen (secondary N) is 2. The summed E-state index contributed by atoms with van der Waals surface area (Å²) >= 11 is 6.22. The number of esters is 1. The molecular weight excluding hydrogens is 372 g/mol. The Morgan fingerprint density at radius 3 is 2.81 bits per heavy atom. The topological polar surface area (TPSA) is 93.7 Å².